The highest BCUT2D eigenvalue weighted by Crippen LogP contribution is 2.27. The van der Waals surface area contributed by atoms with Crippen molar-refractivity contribution in [3.63, 3.8) is 0 Å². The molecule has 2 aromatic heterocycles. The summed E-state index contributed by atoms with van der Waals surface area (Å²) in [6, 6.07) is 8.26. The van der Waals surface area contributed by atoms with E-state index < -0.39 is 0 Å². The van der Waals surface area contributed by atoms with E-state index in [0.717, 1.165) is 11.3 Å². The highest BCUT2D eigenvalue weighted by Gasteiger charge is 2.09. The lowest BCUT2D eigenvalue weighted by atomic mass is 10.1. The number of H-pyrrole nitrogens is 1. The maximum Gasteiger partial charge on any atom is 0.114 e. The predicted molar refractivity (Wildman–Crippen MR) is 58.3 cm³/mol. The molecule has 0 bridgehead atoms. The molecule has 1 aromatic carbocycles. The number of fused-ring (bicyclic) bond motifs is 1. The van der Waals surface area contributed by atoms with Crippen LogP contribution in [0.2, 0.25) is 0 Å². The Balaban J connectivity index is 2.37. The minimum absolute atomic E-state index is 0.881. The second-order valence-corrected chi connectivity index (χ2v) is 3.53. The van der Waals surface area contributed by atoms with Gasteiger partial charge >= 0.3 is 0 Å². The summed E-state index contributed by atoms with van der Waals surface area (Å²) in [5.41, 5.74) is 3.20. The van der Waals surface area contributed by atoms with Crippen LogP contribution in [0, 0.1) is 0 Å². The molecule has 3 aromatic rings. The molecule has 74 valence electrons. The van der Waals surface area contributed by atoms with Crippen LogP contribution in [0.3, 0.4) is 0 Å². The summed E-state index contributed by atoms with van der Waals surface area (Å²) >= 11 is 0. The Morgan fingerprint density at radius 3 is 2.93 bits per heavy atom. The van der Waals surface area contributed by atoms with E-state index in [2.05, 4.69) is 38.3 Å². The van der Waals surface area contributed by atoms with Crippen molar-refractivity contribution >= 4 is 10.9 Å². The molecule has 2 heterocycles. The van der Waals surface area contributed by atoms with Gasteiger partial charge in [0.2, 0.25) is 0 Å². The molecule has 0 saturated heterocycles. The lowest BCUT2D eigenvalue weighted by Crippen LogP contribution is -1.81. The largest absolute Gasteiger partial charge is 0.350 e. The van der Waals surface area contributed by atoms with Gasteiger partial charge < -0.3 is 4.57 Å². The number of rotatable bonds is 1. The number of aromatic nitrogens is 4. The van der Waals surface area contributed by atoms with E-state index in [1.807, 2.05) is 19.2 Å². The van der Waals surface area contributed by atoms with Crippen LogP contribution >= 0.6 is 0 Å². The highest BCUT2D eigenvalue weighted by atomic mass is 15.3. The fourth-order valence-electron chi connectivity index (χ4n) is 1.88. The van der Waals surface area contributed by atoms with E-state index in [9.17, 15) is 0 Å². The van der Waals surface area contributed by atoms with Gasteiger partial charge in [-0.25, -0.2) is 0 Å². The molecule has 0 saturated carbocycles. The van der Waals surface area contributed by atoms with Crippen molar-refractivity contribution in [2.24, 2.45) is 7.05 Å². The molecule has 0 unspecified atom stereocenters. The first-order valence-corrected chi connectivity index (χ1v) is 4.76. The molecule has 0 aliphatic carbocycles. The van der Waals surface area contributed by atoms with Crippen molar-refractivity contribution in [2.45, 2.75) is 0 Å². The van der Waals surface area contributed by atoms with E-state index in [0.29, 0.717) is 0 Å². The quantitative estimate of drug-likeness (QED) is 0.649. The summed E-state index contributed by atoms with van der Waals surface area (Å²) in [5, 5.41) is 11.8. The maximum atomic E-state index is 4.10. The third-order valence-electron chi connectivity index (χ3n) is 2.59. The van der Waals surface area contributed by atoms with Gasteiger partial charge in [-0.1, -0.05) is 18.2 Å². The second kappa shape index (κ2) is 2.95. The number of aromatic amines is 1. The average Bonchev–Trinajstić information content (AvgIpc) is 2.87. The molecule has 0 amide bonds. The Labute approximate surface area is 86.5 Å². The van der Waals surface area contributed by atoms with Gasteiger partial charge in [-0.3, -0.25) is 0 Å². The predicted octanol–water partition coefficient (Wildman–Crippen LogP) is 1.96. The van der Waals surface area contributed by atoms with Gasteiger partial charge in [0.05, 0.1) is 6.20 Å². The zero-order valence-electron chi connectivity index (χ0n) is 8.31. The SMILES string of the molecule is Cn1cc(-c2cn[nH]n2)c2ccccc21. The van der Waals surface area contributed by atoms with Crippen LogP contribution in [0.25, 0.3) is 22.2 Å². The molecule has 4 nitrogen and oxygen atoms in total. The van der Waals surface area contributed by atoms with E-state index in [-0.39, 0.29) is 0 Å². The van der Waals surface area contributed by atoms with Gasteiger partial charge in [0, 0.05) is 29.7 Å². The Morgan fingerprint density at radius 1 is 1.27 bits per heavy atom. The molecule has 0 radical (unpaired) electrons. The molecule has 3 rings (SSSR count). The zero-order valence-corrected chi connectivity index (χ0v) is 8.31. The molecule has 0 atom stereocenters. The molecular weight excluding hydrogens is 188 g/mol. The number of hydrogen-bond donors (Lipinski definition) is 1. The monoisotopic (exact) mass is 198 g/mol. The van der Waals surface area contributed by atoms with Crippen LogP contribution in [-0.2, 0) is 7.05 Å². The van der Waals surface area contributed by atoms with Crippen LogP contribution in [0.4, 0.5) is 0 Å². The summed E-state index contributed by atoms with van der Waals surface area (Å²) in [7, 11) is 2.03. The first kappa shape index (κ1) is 8.23. The summed E-state index contributed by atoms with van der Waals surface area (Å²) < 4.78 is 2.10. The van der Waals surface area contributed by atoms with Gasteiger partial charge in [-0.05, 0) is 6.07 Å². The minimum atomic E-state index is 0.881. The highest BCUT2D eigenvalue weighted by molar-refractivity contribution is 5.94. The summed E-state index contributed by atoms with van der Waals surface area (Å²) in [4.78, 5) is 0. The molecule has 0 aliphatic rings. The van der Waals surface area contributed by atoms with Gasteiger partial charge in [-0.15, -0.1) is 0 Å². The van der Waals surface area contributed by atoms with Gasteiger partial charge in [0.1, 0.15) is 5.69 Å². The standard InChI is InChI=1S/C11H10N4/c1-15-7-9(10-6-12-14-13-10)8-4-2-3-5-11(8)15/h2-7H,1H3,(H,12,13,14). The van der Waals surface area contributed by atoms with E-state index >= 15 is 0 Å². The lowest BCUT2D eigenvalue weighted by Gasteiger charge is -1.93. The van der Waals surface area contributed by atoms with Gasteiger partial charge in [0.15, 0.2) is 0 Å². The van der Waals surface area contributed by atoms with E-state index in [1.165, 1.54) is 10.9 Å². The molecule has 15 heavy (non-hydrogen) atoms. The Morgan fingerprint density at radius 2 is 2.13 bits per heavy atom. The summed E-state index contributed by atoms with van der Waals surface area (Å²) in [6.07, 6.45) is 3.81. The first-order chi connectivity index (χ1) is 7.36. The normalized spacial score (nSPS) is 11.0. The molecule has 0 fully saturated rings. The van der Waals surface area contributed by atoms with Crippen molar-refractivity contribution in [3.05, 3.63) is 36.7 Å². The van der Waals surface area contributed by atoms with Crippen LogP contribution < -0.4 is 0 Å². The van der Waals surface area contributed by atoms with Crippen LogP contribution in [0.1, 0.15) is 0 Å². The minimum Gasteiger partial charge on any atom is -0.350 e. The van der Waals surface area contributed by atoms with E-state index in [1.54, 1.807) is 6.20 Å². The van der Waals surface area contributed by atoms with Crippen LogP contribution in [0.15, 0.2) is 36.7 Å². The van der Waals surface area contributed by atoms with E-state index in [4.69, 9.17) is 0 Å². The molecule has 0 spiro atoms. The topological polar surface area (TPSA) is 46.5 Å². The molecular formula is C11H10N4. The number of nitrogens with zero attached hydrogens (tertiary/aromatic N) is 3. The number of nitrogens with one attached hydrogen (secondary N) is 1. The molecule has 1 N–H and O–H groups in total. The number of benzene rings is 1. The number of para-hydroxylation sites is 1. The van der Waals surface area contributed by atoms with Crippen molar-refractivity contribution in [3.8, 4) is 11.3 Å². The van der Waals surface area contributed by atoms with Crippen molar-refractivity contribution in [1.29, 1.82) is 0 Å². The molecule has 0 aliphatic heterocycles. The first-order valence-electron chi connectivity index (χ1n) is 4.76. The van der Waals surface area contributed by atoms with Gasteiger partial charge in [-0.2, -0.15) is 15.4 Å². The number of aryl methyl sites for hydroxylation is 1. The van der Waals surface area contributed by atoms with Crippen LogP contribution in [-0.4, -0.2) is 20.0 Å². The number of hydrogen-bond acceptors (Lipinski definition) is 2. The van der Waals surface area contributed by atoms with Crippen molar-refractivity contribution < 1.29 is 0 Å². The van der Waals surface area contributed by atoms with Gasteiger partial charge in [0.25, 0.3) is 0 Å². The van der Waals surface area contributed by atoms with Crippen LogP contribution in [0.5, 0.6) is 0 Å². The Hall–Kier alpha value is -2.10. The fraction of sp³-hybridized carbons (Fsp3) is 0.0909. The lowest BCUT2D eigenvalue weighted by molar-refractivity contribution is 0.940. The Bertz CT molecular complexity index is 592. The zero-order chi connectivity index (χ0) is 10.3. The molecule has 4 heteroatoms. The second-order valence-electron chi connectivity index (χ2n) is 3.53. The summed E-state index contributed by atoms with van der Waals surface area (Å²) in [5.74, 6) is 0. The third-order valence-corrected chi connectivity index (χ3v) is 2.59. The Kier molecular flexibility index (Phi) is 1.62. The third kappa shape index (κ3) is 1.15. The average molecular weight is 198 g/mol. The maximum absolute atomic E-state index is 4.10. The summed E-state index contributed by atoms with van der Waals surface area (Å²) in [6.45, 7) is 0. The van der Waals surface area contributed by atoms with Crippen molar-refractivity contribution in [1.82, 2.24) is 20.0 Å². The fourth-order valence-corrected chi connectivity index (χ4v) is 1.88. The van der Waals surface area contributed by atoms with Crippen molar-refractivity contribution in [2.75, 3.05) is 0 Å². The smallest absolute Gasteiger partial charge is 0.114 e.